The van der Waals surface area contributed by atoms with Crippen LogP contribution in [0.1, 0.15) is 22.4 Å². The molecular formula is C12H16N4. The van der Waals surface area contributed by atoms with Crippen LogP contribution in [0.15, 0.2) is 0 Å². The predicted molar refractivity (Wildman–Crippen MR) is 63.0 cm³/mol. The first-order valence-corrected chi connectivity index (χ1v) is 5.50. The van der Waals surface area contributed by atoms with Gasteiger partial charge in [-0.15, -0.1) is 0 Å². The van der Waals surface area contributed by atoms with Crippen molar-refractivity contribution in [1.82, 2.24) is 9.88 Å². The van der Waals surface area contributed by atoms with E-state index in [-0.39, 0.29) is 0 Å². The number of nitriles is 1. The molecule has 0 spiro atoms. The number of likely N-dealkylation sites (N-methyl/N-ethyl adjacent to an activating group) is 1. The van der Waals surface area contributed by atoms with Crippen LogP contribution < -0.4 is 5.73 Å². The number of nitrogens with zero attached hydrogens (tertiary/aromatic N) is 3. The van der Waals surface area contributed by atoms with Gasteiger partial charge in [-0.2, -0.15) is 5.26 Å². The first-order chi connectivity index (χ1) is 7.63. The SMILES string of the molecule is Cc1nc(N)c(C#N)c2c1CCN(C)CC2. The van der Waals surface area contributed by atoms with Gasteiger partial charge in [-0.1, -0.05) is 0 Å². The number of aryl methyl sites for hydroxylation is 1. The molecule has 16 heavy (non-hydrogen) atoms. The van der Waals surface area contributed by atoms with Gasteiger partial charge >= 0.3 is 0 Å². The number of hydrogen-bond donors (Lipinski definition) is 1. The maximum Gasteiger partial charge on any atom is 0.141 e. The Morgan fingerprint density at radius 3 is 2.56 bits per heavy atom. The van der Waals surface area contributed by atoms with E-state index in [2.05, 4.69) is 23.0 Å². The summed E-state index contributed by atoms with van der Waals surface area (Å²) in [7, 11) is 2.10. The highest BCUT2D eigenvalue weighted by Gasteiger charge is 2.19. The van der Waals surface area contributed by atoms with Gasteiger partial charge in [-0.25, -0.2) is 4.98 Å². The minimum absolute atomic E-state index is 0.378. The number of anilines is 1. The Kier molecular flexibility index (Phi) is 2.80. The van der Waals surface area contributed by atoms with E-state index in [0.717, 1.165) is 37.2 Å². The van der Waals surface area contributed by atoms with Gasteiger partial charge in [0, 0.05) is 18.8 Å². The lowest BCUT2D eigenvalue weighted by Gasteiger charge is -2.11. The van der Waals surface area contributed by atoms with Crippen LogP contribution in [0.25, 0.3) is 0 Å². The van der Waals surface area contributed by atoms with Crippen LogP contribution in [0.3, 0.4) is 0 Å². The Morgan fingerprint density at radius 1 is 1.31 bits per heavy atom. The smallest absolute Gasteiger partial charge is 0.141 e. The topological polar surface area (TPSA) is 65.9 Å². The lowest BCUT2D eigenvalue weighted by Crippen LogP contribution is -2.20. The third-order valence-electron chi connectivity index (χ3n) is 3.25. The fourth-order valence-electron chi connectivity index (χ4n) is 2.28. The molecule has 0 fully saturated rings. The molecule has 4 heteroatoms. The first kappa shape index (κ1) is 10.9. The van der Waals surface area contributed by atoms with Crippen LogP contribution in [0.4, 0.5) is 5.82 Å². The lowest BCUT2D eigenvalue weighted by molar-refractivity contribution is 0.352. The number of rotatable bonds is 0. The van der Waals surface area contributed by atoms with Gasteiger partial charge in [-0.05, 0) is 37.9 Å². The summed E-state index contributed by atoms with van der Waals surface area (Å²) in [6.07, 6.45) is 1.85. The predicted octanol–water partition coefficient (Wildman–Crippen LogP) is 0.874. The molecule has 2 heterocycles. The van der Waals surface area contributed by atoms with E-state index >= 15 is 0 Å². The Balaban J connectivity index is 2.58. The number of fused-ring (bicyclic) bond motifs is 1. The molecule has 0 saturated carbocycles. The van der Waals surface area contributed by atoms with E-state index in [1.54, 1.807) is 0 Å². The first-order valence-electron chi connectivity index (χ1n) is 5.50. The molecule has 1 aliphatic rings. The van der Waals surface area contributed by atoms with Crippen molar-refractivity contribution in [3.8, 4) is 6.07 Å². The molecule has 84 valence electrons. The summed E-state index contributed by atoms with van der Waals surface area (Å²) in [5, 5.41) is 9.14. The van der Waals surface area contributed by atoms with E-state index in [0.29, 0.717) is 11.4 Å². The van der Waals surface area contributed by atoms with E-state index in [1.807, 2.05) is 6.92 Å². The van der Waals surface area contributed by atoms with Gasteiger partial charge < -0.3 is 10.6 Å². The molecule has 1 aromatic rings. The minimum Gasteiger partial charge on any atom is -0.383 e. The zero-order valence-electron chi connectivity index (χ0n) is 9.75. The molecule has 0 unspecified atom stereocenters. The Bertz CT molecular complexity index is 459. The second-order valence-corrected chi connectivity index (χ2v) is 4.33. The summed E-state index contributed by atoms with van der Waals surface area (Å²) in [6.45, 7) is 3.97. The molecule has 0 radical (unpaired) electrons. The third kappa shape index (κ3) is 1.74. The molecule has 4 nitrogen and oxygen atoms in total. The van der Waals surface area contributed by atoms with Gasteiger partial charge in [0.2, 0.25) is 0 Å². The number of nitrogen functional groups attached to an aromatic ring is 1. The van der Waals surface area contributed by atoms with Crippen LogP contribution in [0.2, 0.25) is 0 Å². The largest absolute Gasteiger partial charge is 0.383 e. The standard InChI is InChI=1S/C12H16N4/c1-8-9-3-5-16(2)6-4-10(9)11(7-13)12(14)15-8/h3-6H2,1-2H3,(H2,14,15). The van der Waals surface area contributed by atoms with Crippen molar-refractivity contribution in [2.24, 2.45) is 0 Å². The highest BCUT2D eigenvalue weighted by atomic mass is 15.1. The van der Waals surface area contributed by atoms with Gasteiger partial charge in [0.25, 0.3) is 0 Å². The second kappa shape index (κ2) is 4.11. The van der Waals surface area contributed by atoms with Gasteiger partial charge in [0.05, 0.1) is 5.56 Å². The molecule has 0 bridgehead atoms. The highest BCUT2D eigenvalue weighted by molar-refractivity contribution is 5.57. The molecule has 2 rings (SSSR count). The summed E-state index contributed by atoms with van der Waals surface area (Å²) < 4.78 is 0. The normalized spacial score (nSPS) is 16.3. The van der Waals surface area contributed by atoms with E-state index in [4.69, 9.17) is 11.0 Å². The molecule has 1 aromatic heterocycles. The van der Waals surface area contributed by atoms with Crippen molar-refractivity contribution in [3.05, 3.63) is 22.4 Å². The van der Waals surface area contributed by atoms with Crippen LogP contribution in [-0.4, -0.2) is 30.0 Å². The van der Waals surface area contributed by atoms with Crippen molar-refractivity contribution in [2.75, 3.05) is 25.9 Å². The van der Waals surface area contributed by atoms with Crippen molar-refractivity contribution in [1.29, 1.82) is 5.26 Å². The number of nitrogens with two attached hydrogens (primary N) is 1. The number of pyridine rings is 1. The molecule has 0 aromatic carbocycles. The molecule has 0 atom stereocenters. The van der Waals surface area contributed by atoms with Crippen LogP contribution in [0.5, 0.6) is 0 Å². The molecule has 0 aliphatic carbocycles. The van der Waals surface area contributed by atoms with Crippen LogP contribution in [-0.2, 0) is 12.8 Å². The van der Waals surface area contributed by atoms with Gasteiger partial charge in [0.1, 0.15) is 11.9 Å². The minimum atomic E-state index is 0.378. The van der Waals surface area contributed by atoms with Crippen LogP contribution >= 0.6 is 0 Å². The quantitative estimate of drug-likeness (QED) is 0.699. The fourth-order valence-corrected chi connectivity index (χ4v) is 2.28. The third-order valence-corrected chi connectivity index (χ3v) is 3.25. The van der Waals surface area contributed by atoms with E-state index in [1.165, 1.54) is 5.56 Å². The molecule has 2 N–H and O–H groups in total. The zero-order chi connectivity index (χ0) is 11.7. The summed E-state index contributed by atoms with van der Waals surface area (Å²) in [5.74, 6) is 0.378. The van der Waals surface area contributed by atoms with Crippen molar-refractivity contribution < 1.29 is 0 Å². The molecule has 1 aliphatic heterocycles. The average molecular weight is 216 g/mol. The maximum atomic E-state index is 9.14. The van der Waals surface area contributed by atoms with Crippen molar-refractivity contribution in [3.63, 3.8) is 0 Å². The molecule has 0 amide bonds. The number of hydrogen-bond acceptors (Lipinski definition) is 4. The zero-order valence-corrected chi connectivity index (χ0v) is 9.75. The summed E-state index contributed by atoms with van der Waals surface area (Å²) in [6, 6.07) is 2.19. The summed E-state index contributed by atoms with van der Waals surface area (Å²) >= 11 is 0. The summed E-state index contributed by atoms with van der Waals surface area (Å²) in [4.78, 5) is 6.54. The van der Waals surface area contributed by atoms with Crippen molar-refractivity contribution in [2.45, 2.75) is 19.8 Å². The Labute approximate surface area is 95.7 Å². The second-order valence-electron chi connectivity index (χ2n) is 4.33. The number of aromatic nitrogens is 1. The van der Waals surface area contributed by atoms with E-state index in [9.17, 15) is 0 Å². The van der Waals surface area contributed by atoms with Gasteiger partial charge in [-0.3, -0.25) is 0 Å². The monoisotopic (exact) mass is 216 g/mol. The van der Waals surface area contributed by atoms with Crippen LogP contribution in [0, 0.1) is 18.3 Å². The maximum absolute atomic E-state index is 9.14. The Hall–Kier alpha value is -1.60. The summed E-state index contributed by atoms with van der Waals surface area (Å²) in [5.41, 5.74) is 9.67. The molecular weight excluding hydrogens is 200 g/mol. The highest BCUT2D eigenvalue weighted by Crippen LogP contribution is 2.24. The average Bonchev–Trinajstić information content (AvgIpc) is 2.42. The fraction of sp³-hybridized carbons (Fsp3) is 0.500. The lowest BCUT2D eigenvalue weighted by atomic mass is 9.97. The van der Waals surface area contributed by atoms with Gasteiger partial charge in [0.15, 0.2) is 0 Å². The van der Waals surface area contributed by atoms with E-state index < -0.39 is 0 Å². The van der Waals surface area contributed by atoms with Crippen molar-refractivity contribution >= 4 is 5.82 Å². The molecule has 0 saturated heterocycles. The Morgan fingerprint density at radius 2 is 1.94 bits per heavy atom.